The zero-order valence-corrected chi connectivity index (χ0v) is 12.8. The summed E-state index contributed by atoms with van der Waals surface area (Å²) in [5.41, 5.74) is 4.90. The second kappa shape index (κ2) is 4.60. The highest BCUT2D eigenvalue weighted by molar-refractivity contribution is 6.29. The van der Waals surface area contributed by atoms with Crippen molar-refractivity contribution in [2.75, 3.05) is 0 Å². The molecule has 0 bridgehead atoms. The van der Waals surface area contributed by atoms with Gasteiger partial charge in [0, 0.05) is 28.1 Å². The molecule has 4 rings (SSSR count). The fraction of sp³-hybridized carbons (Fsp3) is 0.316. The van der Waals surface area contributed by atoms with Gasteiger partial charge in [-0.05, 0) is 37.7 Å². The number of ketones is 2. The van der Waals surface area contributed by atoms with Gasteiger partial charge in [-0.15, -0.1) is 0 Å². The molecule has 1 atom stereocenters. The summed E-state index contributed by atoms with van der Waals surface area (Å²) in [7, 11) is 0. The van der Waals surface area contributed by atoms with Crippen molar-refractivity contribution >= 4 is 11.6 Å². The van der Waals surface area contributed by atoms with Crippen molar-refractivity contribution < 1.29 is 9.59 Å². The Morgan fingerprint density at radius 1 is 1.05 bits per heavy atom. The van der Waals surface area contributed by atoms with Crippen molar-refractivity contribution in [1.29, 1.82) is 0 Å². The average Bonchev–Trinajstić information content (AvgIpc) is 2.53. The van der Waals surface area contributed by atoms with Crippen LogP contribution in [-0.2, 0) is 6.42 Å². The highest BCUT2D eigenvalue weighted by Gasteiger charge is 2.36. The lowest BCUT2D eigenvalue weighted by molar-refractivity contribution is 0.0977. The molecule has 2 aromatic rings. The second-order valence-corrected chi connectivity index (χ2v) is 6.31. The van der Waals surface area contributed by atoms with Crippen molar-refractivity contribution in [3.63, 3.8) is 0 Å². The zero-order valence-electron chi connectivity index (χ0n) is 12.8. The van der Waals surface area contributed by atoms with Crippen LogP contribution in [-0.4, -0.2) is 16.6 Å². The topological polar surface area (TPSA) is 47.0 Å². The minimum atomic E-state index is -0.0590. The van der Waals surface area contributed by atoms with E-state index in [4.69, 9.17) is 4.98 Å². The third kappa shape index (κ3) is 1.65. The third-order valence-electron chi connectivity index (χ3n) is 4.91. The predicted molar refractivity (Wildman–Crippen MR) is 83.6 cm³/mol. The second-order valence-electron chi connectivity index (χ2n) is 6.31. The van der Waals surface area contributed by atoms with E-state index in [2.05, 4.69) is 6.92 Å². The molecule has 0 radical (unpaired) electrons. The van der Waals surface area contributed by atoms with Crippen LogP contribution in [0.4, 0.5) is 0 Å². The number of benzene rings is 1. The van der Waals surface area contributed by atoms with Crippen molar-refractivity contribution in [3.8, 4) is 0 Å². The van der Waals surface area contributed by atoms with Gasteiger partial charge in [0.05, 0.1) is 5.56 Å². The molecular formula is C19H17NO2. The molecule has 0 aliphatic heterocycles. The van der Waals surface area contributed by atoms with Crippen molar-refractivity contribution in [2.24, 2.45) is 0 Å². The number of nitrogens with zero attached hydrogens (tertiary/aromatic N) is 1. The molecule has 1 aromatic heterocycles. The van der Waals surface area contributed by atoms with E-state index in [0.717, 1.165) is 30.5 Å². The minimum absolute atomic E-state index is 0.0129. The van der Waals surface area contributed by atoms with Gasteiger partial charge < -0.3 is 0 Å². The fourth-order valence-electron chi connectivity index (χ4n) is 3.82. The first-order valence-corrected chi connectivity index (χ1v) is 7.81. The first-order valence-electron chi connectivity index (χ1n) is 7.81. The van der Waals surface area contributed by atoms with E-state index in [1.165, 1.54) is 0 Å². The van der Waals surface area contributed by atoms with Crippen LogP contribution in [0.15, 0.2) is 24.3 Å². The normalized spacial score (nSPS) is 19.5. The molecule has 0 N–H and O–H groups in total. The summed E-state index contributed by atoms with van der Waals surface area (Å²) >= 11 is 0. The summed E-state index contributed by atoms with van der Waals surface area (Å²) < 4.78 is 0. The van der Waals surface area contributed by atoms with Gasteiger partial charge in [-0.3, -0.25) is 14.6 Å². The van der Waals surface area contributed by atoms with E-state index >= 15 is 0 Å². The summed E-state index contributed by atoms with van der Waals surface area (Å²) in [6.07, 6.45) is 2.99. The Kier molecular flexibility index (Phi) is 2.80. The maximum atomic E-state index is 13.0. The molecular weight excluding hydrogens is 274 g/mol. The van der Waals surface area contributed by atoms with Gasteiger partial charge in [0.15, 0.2) is 11.6 Å². The molecule has 3 nitrogen and oxygen atoms in total. The number of aromatic nitrogens is 1. The Morgan fingerprint density at radius 2 is 1.68 bits per heavy atom. The van der Waals surface area contributed by atoms with E-state index < -0.39 is 0 Å². The maximum Gasteiger partial charge on any atom is 0.196 e. The number of pyridine rings is 1. The Morgan fingerprint density at radius 3 is 2.36 bits per heavy atom. The molecule has 3 heteroatoms. The molecule has 0 amide bonds. The highest BCUT2D eigenvalue weighted by Crippen LogP contribution is 2.38. The van der Waals surface area contributed by atoms with Crippen LogP contribution in [0.5, 0.6) is 0 Å². The Bertz CT molecular complexity index is 836. The summed E-state index contributed by atoms with van der Waals surface area (Å²) in [5.74, 6) is 0.282. The number of rotatable bonds is 0. The van der Waals surface area contributed by atoms with Gasteiger partial charge in [0.25, 0.3) is 0 Å². The number of fused-ring (bicyclic) bond motifs is 4. The molecule has 2 aliphatic carbocycles. The molecule has 0 saturated carbocycles. The van der Waals surface area contributed by atoms with Crippen molar-refractivity contribution in [1.82, 2.24) is 4.98 Å². The van der Waals surface area contributed by atoms with Crippen LogP contribution in [0.1, 0.15) is 74.5 Å². The van der Waals surface area contributed by atoms with Crippen molar-refractivity contribution in [2.45, 2.75) is 39.0 Å². The van der Waals surface area contributed by atoms with Gasteiger partial charge in [-0.25, -0.2) is 0 Å². The summed E-state index contributed by atoms with van der Waals surface area (Å²) in [5, 5.41) is 0. The lowest BCUT2D eigenvalue weighted by Crippen LogP contribution is -2.27. The number of carbonyl (C=O) groups is 2. The molecule has 0 spiro atoms. The van der Waals surface area contributed by atoms with Crippen LogP contribution in [0, 0.1) is 6.92 Å². The molecule has 0 fully saturated rings. The van der Waals surface area contributed by atoms with E-state index in [1.54, 1.807) is 18.2 Å². The lowest BCUT2D eigenvalue weighted by atomic mass is 9.76. The average molecular weight is 291 g/mol. The van der Waals surface area contributed by atoms with E-state index in [9.17, 15) is 9.59 Å². The standard InChI is InChI=1S/C19H17NO2/c1-10-6-5-9-14-16-15(11(2)20-17(10)14)18(21)12-7-3-4-8-13(12)19(16)22/h3-4,7-8,10H,5-6,9H2,1-2H3. The molecule has 1 unspecified atom stereocenters. The van der Waals surface area contributed by atoms with Crippen molar-refractivity contribution in [3.05, 3.63) is 63.5 Å². The lowest BCUT2D eigenvalue weighted by Gasteiger charge is -2.28. The number of hydrogen-bond donors (Lipinski definition) is 0. The molecule has 1 heterocycles. The van der Waals surface area contributed by atoms with Crippen LogP contribution in [0.3, 0.4) is 0 Å². The van der Waals surface area contributed by atoms with Gasteiger partial charge in [-0.2, -0.15) is 0 Å². The predicted octanol–water partition coefficient (Wildman–Crippen LogP) is 3.61. The van der Waals surface area contributed by atoms with Crippen LogP contribution >= 0.6 is 0 Å². The van der Waals surface area contributed by atoms with Gasteiger partial charge in [0.2, 0.25) is 0 Å². The van der Waals surface area contributed by atoms with E-state index in [1.807, 2.05) is 13.0 Å². The Balaban J connectivity index is 2.07. The quantitative estimate of drug-likeness (QED) is 0.635. The summed E-state index contributed by atoms with van der Waals surface area (Å²) in [6, 6.07) is 7.11. The Labute approximate surface area is 129 Å². The first-order chi connectivity index (χ1) is 10.6. The zero-order chi connectivity index (χ0) is 15.4. The molecule has 110 valence electrons. The van der Waals surface area contributed by atoms with E-state index in [-0.39, 0.29) is 11.6 Å². The van der Waals surface area contributed by atoms with Gasteiger partial charge in [0.1, 0.15) is 0 Å². The molecule has 0 saturated heterocycles. The minimum Gasteiger partial charge on any atom is -0.289 e. The molecule has 22 heavy (non-hydrogen) atoms. The van der Waals surface area contributed by atoms with Crippen LogP contribution in [0.25, 0.3) is 0 Å². The third-order valence-corrected chi connectivity index (χ3v) is 4.91. The largest absolute Gasteiger partial charge is 0.289 e. The maximum absolute atomic E-state index is 13.0. The van der Waals surface area contributed by atoms with E-state index in [0.29, 0.717) is 33.9 Å². The van der Waals surface area contributed by atoms with Crippen LogP contribution in [0.2, 0.25) is 0 Å². The molecule has 2 aliphatic rings. The number of aryl methyl sites for hydroxylation is 1. The van der Waals surface area contributed by atoms with Gasteiger partial charge in [-0.1, -0.05) is 31.2 Å². The smallest absolute Gasteiger partial charge is 0.196 e. The van der Waals surface area contributed by atoms with Crippen LogP contribution < -0.4 is 0 Å². The monoisotopic (exact) mass is 291 g/mol. The Hall–Kier alpha value is -2.29. The number of hydrogen-bond acceptors (Lipinski definition) is 3. The molecule has 1 aromatic carbocycles. The highest BCUT2D eigenvalue weighted by atomic mass is 16.1. The number of carbonyl (C=O) groups excluding carboxylic acids is 2. The van der Waals surface area contributed by atoms with Gasteiger partial charge >= 0.3 is 0 Å². The summed E-state index contributed by atoms with van der Waals surface area (Å²) in [4.78, 5) is 30.5. The summed E-state index contributed by atoms with van der Waals surface area (Å²) in [6.45, 7) is 4.00. The SMILES string of the molecule is Cc1nc2c(c3c1C(=O)c1ccccc1C3=O)CCCC2C. The first kappa shape index (κ1) is 13.4. The fourth-order valence-corrected chi connectivity index (χ4v) is 3.82.